The van der Waals surface area contributed by atoms with Crippen molar-refractivity contribution in [3.63, 3.8) is 0 Å². The number of phenols is 1. The quantitative estimate of drug-likeness (QED) is 0.621. The number of carbonyl (C=O) groups excluding carboxylic acids is 2. The number of phenolic OH excluding ortho intramolecular Hbond substituents is 1. The molecular formula is C24H31N3O3. The number of hydrogen-bond acceptors (Lipinski definition) is 4. The minimum absolute atomic E-state index is 0.0290. The van der Waals surface area contributed by atoms with E-state index in [2.05, 4.69) is 17.6 Å². The third-order valence-corrected chi connectivity index (χ3v) is 5.41. The summed E-state index contributed by atoms with van der Waals surface area (Å²) in [5.41, 5.74) is 3.44. The van der Waals surface area contributed by atoms with Crippen molar-refractivity contribution in [1.29, 1.82) is 0 Å². The molecule has 3 rings (SSSR count). The zero-order chi connectivity index (χ0) is 21.5. The summed E-state index contributed by atoms with van der Waals surface area (Å²) in [5, 5.41) is 15.7. The van der Waals surface area contributed by atoms with Gasteiger partial charge < -0.3 is 20.6 Å². The molecule has 1 aliphatic rings. The molecule has 0 saturated carbocycles. The summed E-state index contributed by atoms with van der Waals surface area (Å²) >= 11 is 0. The molecule has 2 aromatic carbocycles. The molecule has 1 atom stereocenters. The average molecular weight is 410 g/mol. The molecule has 6 heteroatoms. The number of nitrogens with one attached hydrogen (secondary N) is 2. The topological polar surface area (TPSA) is 81.7 Å². The Morgan fingerprint density at radius 2 is 1.77 bits per heavy atom. The molecule has 1 heterocycles. The van der Waals surface area contributed by atoms with Crippen LogP contribution in [0.4, 0.5) is 5.69 Å². The Kier molecular flexibility index (Phi) is 7.46. The molecule has 3 N–H and O–H groups in total. The van der Waals surface area contributed by atoms with Crippen molar-refractivity contribution in [2.75, 3.05) is 18.4 Å². The maximum atomic E-state index is 12.8. The lowest BCUT2D eigenvalue weighted by atomic mass is 10.0. The zero-order valence-corrected chi connectivity index (χ0v) is 17.8. The van der Waals surface area contributed by atoms with Crippen LogP contribution in [0.2, 0.25) is 0 Å². The number of nitrogens with zero attached hydrogens (tertiary/aromatic N) is 1. The van der Waals surface area contributed by atoms with Gasteiger partial charge in [0, 0.05) is 43.9 Å². The van der Waals surface area contributed by atoms with Crippen molar-refractivity contribution in [1.82, 2.24) is 10.2 Å². The van der Waals surface area contributed by atoms with Gasteiger partial charge in [0.15, 0.2) is 0 Å². The van der Waals surface area contributed by atoms with E-state index < -0.39 is 0 Å². The minimum Gasteiger partial charge on any atom is -0.508 e. The summed E-state index contributed by atoms with van der Waals surface area (Å²) in [7, 11) is 0. The second-order valence-corrected chi connectivity index (χ2v) is 8.09. The standard InChI is InChI=1S/C24H31N3O3/c1-17(5-6-19-7-9-23(29)10-8-19)25-16-20-13-21(15-22(14-20)26-18(2)28)24(30)27-11-3-4-12-27/h7-10,13-15,17,25,29H,3-6,11-12,16H2,1-2H3,(H,26,28). The Labute approximate surface area is 178 Å². The molecule has 30 heavy (non-hydrogen) atoms. The number of hydrogen-bond donors (Lipinski definition) is 3. The van der Waals surface area contributed by atoms with Crippen LogP contribution < -0.4 is 10.6 Å². The van der Waals surface area contributed by atoms with E-state index in [1.165, 1.54) is 12.5 Å². The molecule has 0 spiro atoms. The predicted octanol–water partition coefficient (Wildman–Crippen LogP) is 3.70. The van der Waals surface area contributed by atoms with E-state index in [1.807, 2.05) is 29.2 Å². The number of carbonyl (C=O) groups is 2. The summed E-state index contributed by atoms with van der Waals surface area (Å²) < 4.78 is 0. The van der Waals surface area contributed by atoms with Gasteiger partial charge in [-0.25, -0.2) is 0 Å². The predicted molar refractivity (Wildman–Crippen MR) is 119 cm³/mol. The largest absolute Gasteiger partial charge is 0.508 e. The highest BCUT2D eigenvalue weighted by Gasteiger charge is 2.20. The molecule has 0 radical (unpaired) electrons. The molecule has 0 aromatic heterocycles. The molecule has 0 aliphatic carbocycles. The Bertz CT molecular complexity index is 874. The number of anilines is 1. The van der Waals surface area contributed by atoms with E-state index in [-0.39, 0.29) is 23.6 Å². The van der Waals surface area contributed by atoms with E-state index in [4.69, 9.17) is 0 Å². The van der Waals surface area contributed by atoms with Crippen LogP contribution in [0.25, 0.3) is 0 Å². The maximum absolute atomic E-state index is 12.8. The maximum Gasteiger partial charge on any atom is 0.253 e. The average Bonchev–Trinajstić information content (AvgIpc) is 3.25. The van der Waals surface area contributed by atoms with Crippen molar-refractivity contribution < 1.29 is 14.7 Å². The fourth-order valence-corrected chi connectivity index (χ4v) is 3.74. The first-order valence-electron chi connectivity index (χ1n) is 10.6. The molecule has 160 valence electrons. The SMILES string of the molecule is CC(=O)Nc1cc(CNC(C)CCc2ccc(O)cc2)cc(C(=O)N2CCCC2)c1. The third kappa shape index (κ3) is 6.32. The second-order valence-electron chi connectivity index (χ2n) is 8.09. The Morgan fingerprint density at radius 1 is 1.07 bits per heavy atom. The highest BCUT2D eigenvalue weighted by Crippen LogP contribution is 2.20. The molecule has 6 nitrogen and oxygen atoms in total. The van der Waals surface area contributed by atoms with Gasteiger partial charge in [-0.2, -0.15) is 0 Å². The van der Waals surface area contributed by atoms with E-state index in [0.717, 1.165) is 44.3 Å². The molecule has 1 unspecified atom stereocenters. The highest BCUT2D eigenvalue weighted by molar-refractivity contribution is 5.97. The number of rotatable bonds is 8. The highest BCUT2D eigenvalue weighted by atomic mass is 16.3. The van der Waals surface area contributed by atoms with Crippen molar-refractivity contribution in [3.05, 3.63) is 59.2 Å². The molecule has 1 saturated heterocycles. The summed E-state index contributed by atoms with van der Waals surface area (Å²) in [4.78, 5) is 26.2. The normalized spacial score (nSPS) is 14.5. The number of aromatic hydroxyl groups is 1. The van der Waals surface area contributed by atoms with Gasteiger partial charge >= 0.3 is 0 Å². The van der Waals surface area contributed by atoms with Gasteiger partial charge in [0.25, 0.3) is 5.91 Å². The van der Waals surface area contributed by atoms with Crippen molar-refractivity contribution in [3.8, 4) is 5.75 Å². The lowest BCUT2D eigenvalue weighted by Gasteiger charge is -2.18. The van der Waals surface area contributed by atoms with Gasteiger partial charge in [-0.15, -0.1) is 0 Å². The summed E-state index contributed by atoms with van der Waals surface area (Å²) in [6.07, 6.45) is 3.96. The molecule has 0 bridgehead atoms. The van der Waals surface area contributed by atoms with Crippen LogP contribution in [0.15, 0.2) is 42.5 Å². The molecule has 2 amide bonds. The first-order valence-corrected chi connectivity index (χ1v) is 10.6. The summed E-state index contributed by atoms with van der Waals surface area (Å²) in [6, 6.07) is 13.2. The lowest BCUT2D eigenvalue weighted by Crippen LogP contribution is -2.28. The first-order chi connectivity index (χ1) is 14.4. The number of aryl methyl sites for hydroxylation is 1. The number of amides is 2. The van der Waals surface area contributed by atoms with E-state index in [1.54, 1.807) is 18.2 Å². The van der Waals surface area contributed by atoms with E-state index >= 15 is 0 Å². The van der Waals surface area contributed by atoms with Crippen LogP contribution in [-0.4, -0.2) is 41.0 Å². The van der Waals surface area contributed by atoms with Crippen molar-refractivity contribution in [2.24, 2.45) is 0 Å². The van der Waals surface area contributed by atoms with Gasteiger partial charge in [0.1, 0.15) is 5.75 Å². The van der Waals surface area contributed by atoms with E-state index in [9.17, 15) is 14.7 Å². The van der Waals surface area contributed by atoms with Gasteiger partial charge in [-0.3, -0.25) is 9.59 Å². The number of benzene rings is 2. The third-order valence-electron chi connectivity index (χ3n) is 5.41. The first kappa shape index (κ1) is 21.8. The zero-order valence-electron chi connectivity index (χ0n) is 17.8. The number of likely N-dealkylation sites (tertiary alicyclic amines) is 1. The second kappa shape index (κ2) is 10.3. The smallest absolute Gasteiger partial charge is 0.253 e. The van der Waals surface area contributed by atoms with Crippen LogP contribution in [0, 0.1) is 0 Å². The molecule has 2 aromatic rings. The van der Waals surface area contributed by atoms with Crippen molar-refractivity contribution in [2.45, 2.75) is 52.1 Å². The van der Waals surface area contributed by atoms with Gasteiger partial charge in [-0.05, 0) is 74.1 Å². The summed E-state index contributed by atoms with van der Waals surface area (Å²) in [6.45, 7) is 5.81. The Hall–Kier alpha value is -2.86. The molecule has 1 aliphatic heterocycles. The fraction of sp³-hybridized carbons (Fsp3) is 0.417. The van der Waals surface area contributed by atoms with Crippen LogP contribution in [-0.2, 0) is 17.8 Å². The Balaban J connectivity index is 1.62. The van der Waals surface area contributed by atoms with E-state index in [0.29, 0.717) is 17.8 Å². The van der Waals surface area contributed by atoms with Crippen LogP contribution >= 0.6 is 0 Å². The monoisotopic (exact) mass is 409 g/mol. The van der Waals surface area contributed by atoms with Gasteiger partial charge in [-0.1, -0.05) is 12.1 Å². The lowest BCUT2D eigenvalue weighted by molar-refractivity contribution is -0.114. The van der Waals surface area contributed by atoms with Crippen LogP contribution in [0.5, 0.6) is 5.75 Å². The Morgan fingerprint density at radius 3 is 2.43 bits per heavy atom. The minimum atomic E-state index is -0.151. The van der Waals surface area contributed by atoms with Crippen LogP contribution in [0.1, 0.15) is 54.6 Å². The molecular weight excluding hydrogens is 378 g/mol. The van der Waals surface area contributed by atoms with Crippen molar-refractivity contribution >= 4 is 17.5 Å². The summed E-state index contributed by atoms with van der Waals surface area (Å²) in [5.74, 6) is 0.159. The molecule has 1 fully saturated rings. The van der Waals surface area contributed by atoms with Gasteiger partial charge in [0.2, 0.25) is 5.91 Å². The van der Waals surface area contributed by atoms with Crippen LogP contribution in [0.3, 0.4) is 0 Å². The fourth-order valence-electron chi connectivity index (χ4n) is 3.74. The van der Waals surface area contributed by atoms with Gasteiger partial charge in [0.05, 0.1) is 0 Å².